The molecule has 0 radical (unpaired) electrons. The molecule has 132 valence electrons. The molecule has 1 spiro atoms. The van der Waals surface area contributed by atoms with Crippen molar-refractivity contribution in [2.75, 3.05) is 33.2 Å². The Morgan fingerprint density at radius 2 is 1.84 bits per heavy atom. The van der Waals surface area contributed by atoms with Gasteiger partial charge in [0.25, 0.3) is 0 Å². The first kappa shape index (κ1) is 16.3. The summed E-state index contributed by atoms with van der Waals surface area (Å²) in [6, 6.07) is 8.06. The van der Waals surface area contributed by atoms with Crippen LogP contribution in [0.2, 0.25) is 0 Å². The summed E-state index contributed by atoms with van der Waals surface area (Å²) in [5.41, 5.74) is 2.40. The van der Waals surface area contributed by atoms with E-state index < -0.39 is 0 Å². The number of piperidine rings is 1. The molecule has 3 heterocycles. The normalized spacial score (nSPS) is 24.1. The van der Waals surface area contributed by atoms with E-state index in [-0.39, 0.29) is 5.91 Å². The van der Waals surface area contributed by atoms with Gasteiger partial charge in [0.15, 0.2) is 0 Å². The minimum Gasteiger partial charge on any atom is -0.342 e. The van der Waals surface area contributed by atoms with Gasteiger partial charge in [0.05, 0.1) is 6.42 Å². The Bertz CT molecular complexity index is 727. The van der Waals surface area contributed by atoms with Crippen molar-refractivity contribution in [3.63, 3.8) is 0 Å². The van der Waals surface area contributed by atoms with Gasteiger partial charge >= 0.3 is 0 Å². The maximum atomic E-state index is 12.7. The standard InChI is InChI=1S/C19H25N5O/c1-22-9-2-7-19(12-22)8-10-23(13-19)18(25)11-16-3-5-17(6-4-16)24-14-20-21-15-24/h3-6,14-15H,2,7-13H2,1H3. The molecule has 1 aromatic carbocycles. The minimum absolute atomic E-state index is 0.252. The fourth-order valence-corrected chi connectivity index (χ4v) is 4.34. The van der Waals surface area contributed by atoms with Gasteiger partial charge in [-0.2, -0.15) is 0 Å². The second kappa shape index (κ2) is 6.59. The number of amides is 1. The number of nitrogens with zero attached hydrogens (tertiary/aromatic N) is 5. The summed E-state index contributed by atoms with van der Waals surface area (Å²) in [6.07, 6.45) is 7.48. The largest absolute Gasteiger partial charge is 0.342 e. The van der Waals surface area contributed by atoms with E-state index in [0.29, 0.717) is 11.8 Å². The molecule has 0 saturated carbocycles. The summed E-state index contributed by atoms with van der Waals surface area (Å²) in [5.74, 6) is 0.252. The van der Waals surface area contributed by atoms with Crippen molar-refractivity contribution in [3.05, 3.63) is 42.5 Å². The third kappa shape index (κ3) is 3.44. The zero-order chi connectivity index (χ0) is 17.3. The molecule has 1 atom stereocenters. The molecular formula is C19H25N5O. The number of hydrogen-bond donors (Lipinski definition) is 0. The lowest BCUT2D eigenvalue weighted by Gasteiger charge is -2.38. The van der Waals surface area contributed by atoms with Crippen molar-refractivity contribution in [1.29, 1.82) is 0 Å². The molecule has 0 aliphatic carbocycles. The van der Waals surface area contributed by atoms with Gasteiger partial charge in [0.2, 0.25) is 5.91 Å². The molecule has 1 unspecified atom stereocenters. The van der Waals surface area contributed by atoms with Gasteiger partial charge in [-0.1, -0.05) is 12.1 Å². The Morgan fingerprint density at radius 3 is 2.56 bits per heavy atom. The van der Waals surface area contributed by atoms with Crippen LogP contribution in [0.25, 0.3) is 5.69 Å². The molecule has 2 fully saturated rings. The smallest absolute Gasteiger partial charge is 0.227 e. The lowest BCUT2D eigenvalue weighted by molar-refractivity contribution is -0.130. The average Bonchev–Trinajstić information content (AvgIpc) is 3.26. The van der Waals surface area contributed by atoms with Gasteiger partial charge in [0, 0.05) is 30.7 Å². The molecule has 0 bridgehead atoms. The molecule has 2 aromatic rings. The van der Waals surface area contributed by atoms with Crippen LogP contribution in [0.15, 0.2) is 36.9 Å². The highest BCUT2D eigenvalue weighted by Gasteiger charge is 2.41. The monoisotopic (exact) mass is 339 g/mol. The lowest BCUT2D eigenvalue weighted by atomic mass is 9.79. The quantitative estimate of drug-likeness (QED) is 0.855. The summed E-state index contributed by atoms with van der Waals surface area (Å²) in [5, 5.41) is 7.63. The van der Waals surface area contributed by atoms with Crippen LogP contribution in [0.4, 0.5) is 0 Å². The lowest BCUT2D eigenvalue weighted by Crippen LogP contribution is -2.43. The van der Waals surface area contributed by atoms with Gasteiger partial charge in [-0.05, 0) is 50.6 Å². The highest BCUT2D eigenvalue weighted by molar-refractivity contribution is 5.79. The highest BCUT2D eigenvalue weighted by atomic mass is 16.2. The van der Waals surface area contributed by atoms with Crippen molar-refractivity contribution in [2.24, 2.45) is 5.41 Å². The fourth-order valence-electron chi connectivity index (χ4n) is 4.34. The van der Waals surface area contributed by atoms with Crippen molar-refractivity contribution in [1.82, 2.24) is 24.6 Å². The molecule has 25 heavy (non-hydrogen) atoms. The summed E-state index contributed by atoms with van der Waals surface area (Å²) in [6.45, 7) is 4.15. The summed E-state index contributed by atoms with van der Waals surface area (Å²) in [4.78, 5) is 17.2. The van der Waals surface area contributed by atoms with Crippen LogP contribution in [0.1, 0.15) is 24.8 Å². The summed E-state index contributed by atoms with van der Waals surface area (Å²) >= 11 is 0. The van der Waals surface area contributed by atoms with E-state index in [1.165, 1.54) is 19.4 Å². The number of carbonyl (C=O) groups excluding carboxylic acids is 1. The van der Waals surface area contributed by atoms with Crippen LogP contribution in [-0.4, -0.2) is 63.7 Å². The van der Waals surface area contributed by atoms with Crippen LogP contribution in [0, 0.1) is 5.41 Å². The molecule has 0 N–H and O–H groups in total. The molecule has 4 rings (SSSR count). The van der Waals surface area contributed by atoms with E-state index in [2.05, 4.69) is 27.0 Å². The number of rotatable bonds is 3. The number of benzene rings is 1. The van der Waals surface area contributed by atoms with Crippen LogP contribution in [-0.2, 0) is 11.2 Å². The predicted molar refractivity (Wildman–Crippen MR) is 95.4 cm³/mol. The van der Waals surface area contributed by atoms with Gasteiger partial charge in [-0.15, -0.1) is 10.2 Å². The van der Waals surface area contributed by atoms with Crippen molar-refractivity contribution >= 4 is 5.91 Å². The van der Waals surface area contributed by atoms with Crippen LogP contribution < -0.4 is 0 Å². The van der Waals surface area contributed by atoms with Gasteiger partial charge < -0.3 is 9.80 Å². The van der Waals surface area contributed by atoms with E-state index in [9.17, 15) is 4.79 Å². The van der Waals surface area contributed by atoms with Gasteiger partial charge in [-0.3, -0.25) is 9.36 Å². The van der Waals surface area contributed by atoms with Crippen molar-refractivity contribution in [3.8, 4) is 5.69 Å². The molecule has 2 aliphatic rings. The molecule has 6 nitrogen and oxygen atoms in total. The van der Waals surface area contributed by atoms with Crippen molar-refractivity contribution < 1.29 is 4.79 Å². The molecule has 1 amide bonds. The van der Waals surface area contributed by atoms with Gasteiger partial charge in [0.1, 0.15) is 12.7 Å². The van der Waals surface area contributed by atoms with E-state index in [4.69, 9.17) is 0 Å². The van der Waals surface area contributed by atoms with E-state index in [0.717, 1.165) is 37.3 Å². The number of aromatic nitrogens is 3. The minimum atomic E-state index is 0.252. The zero-order valence-corrected chi connectivity index (χ0v) is 14.8. The Morgan fingerprint density at radius 1 is 1.08 bits per heavy atom. The third-order valence-electron chi connectivity index (χ3n) is 5.65. The van der Waals surface area contributed by atoms with Crippen LogP contribution in [0.3, 0.4) is 0 Å². The summed E-state index contributed by atoms with van der Waals surface area (Å²) in [7, 11) is 2.20. The SMILES string of the molecule is CN1CCCC2(CCN(C(=O)Cc3ccc(-n4cnnc4)cc3)C2)C1. The third-order valence-corrected chi connectivity index (χ3v) is 5.65. The van der Waals surface area contributed by atoms with E-state index in [1.54, 1.807) is 12.7 Å². The van der Waals surface area contributed by atoms with Crippen molar-refractivity contribution in [2.45, 2.75) is 25.7 Å². The maximum absolute atomic E-state index is 12.7. The first-order valence-corrected chi connectivity index (χ1v) is 9.04. The molecule has 2 saturated heterocycles. The summed E-state index contributed by atoms with van der Waals surface area (Å²) < 4.78 is 1.86. The topological polar surface area (TPSA) is 54.3 Å². The van der Waals surface area contributed by atoms with Crippen LogP contribution in [0.5, 0.6) is 0 Å². The Labute approximate surface area is 148 Å². The fraction of sp³-hybridized carbons (Fsp3) is 0.526. The average molecular weight is 339 g/mol. The Kier molecular flexibility index (Phi) is 4.29. The predicted octanol–water partition coefficient (Wildman–Crippen LogP) is 1.75. The Balaban J connectivity index is 1.37. The zero-order valence-electron chi connectivity index (χ0n) is 14.8. The number of hydrogen-bond acceptors (Lipinski definition) is 4. The van der Waals surface area contributed by atoms with Gasteiger partial charge in [-0.25, -0.2) is 0 Å². The first-order valence-electron chi connectivity index (χ1n) is 9.04. The number of carbonyl (C=O) groups is 1. The van der Waals surface area contributed by atoms with Crippen LogP contribution >= 0.6 is 0 Å². The second-order valence-electron chi connectivity index (χ2n) is 7.62. The maximum Gasteiger partial charge on any atom is 0.227 e. The van der Waals surface area contributed by atoms with E-state index in [1.807, 2.05) is 28.8 Å². The second-order valence-corrected chi connectivity index (χ2v) is 7.62. The number of likely N-dealkylation sites (tertiary alicyclic amines) is 2. The first-order chi connectivity index (χ1) is 12.1. The Hall–Kier alpha value is -2.21. The van der Waals surface area contributed by atoms with E-state index >= 15 is 0 Å². The molecule has 2 aliphatic heterocycles. The molecule has 6 heteroatoms. The molecular weight excluding hydrogens is 314 g/mol. The molecule has 1 aromatic heterocycles. The highest BCUT2D eigenvalue weighted by Crippen LogP contribution is 2.38.